The van der Waals surface area contributed by atoms with Gasteiger partial charge in [-0.1, -0.05) is 74.5 Å². The van der Waals surface area contributed by atoms with Crippen LogP contribution in [0.5, 0.6) is 11.5 Å². The van der Waals surface area contributed by atoms with Crippen LogP contribution < -0.4 is 9.47 Å². The normalized spacial score (nSPS) is 17.1. The summed E-state index contributed by atoms with van der Waals surface area (Å²) < 4.78 is 11.3. The number of methoxy groups -OCH3 is 1. The average Bonchev–Trinajstić information content (AvgIpc) is 3.13. The SMILES string of the molecule is COc1ccccc1CN1C(=O)C(=O)/C(=C(\O)c2cccc(OCC(C)C)c2)C1c1ccccc1. The molecule has 1 N–H and O–H groups in total. The Hall–Kier alpha value is -4.06. The molecule has 1 heterocycles. The van der Waals surface area contributed by atoms with Crippen LogP contribution in [0.4, 0.5) is 0 Å². The topological polar surface area (TPSA) is 76.1 Å². The highest BCUT2D eigenvalue weighted by molar-refractivity contribution is 6.46. The van der Waals surface area contributed by atoms with Crippen molar-refractivity contribution in [3.8, 4) is 11.5 Å². The molecular formula is C29H29NO5. The van der Waals surface area contributed by atoms with Crippen LogP contribution in [-0.4, -0.2) is 35.4 Å². The van der Waals surface area contributed by atoms with Gasteiger partial charge in [-0.05, 0) is 29.7 Å². The first-order chi connectivity index (χ1) is 16.9. The zero-order chi connectivity index (χ0) is 24.9. The number of hydrogen-bond donors (Lipinski definition) is 1. The van der Waals surface area contributed by atoms with Crippen molar-refractivity contribution in [2.75, 3.05) is 13.7 Å². The largest absolute Gasteiger partial charge is 0.507 e. The molecule has 0 aliphatic carbocycles. The number of benzene rings is 3. The van der Waals surface area contributed by atoms with Crippen molar-refractivity contribution in [1.82, 2.24) is 4.90 Å². The lowest BCUT2D eigenvalue weighted by molar-refractivity contribution is -0.140. The van der Waals surface area contributed by atoms with E-state index in [0.717, 1.165) is 11.1 Å². The van der Waals surface area contributed by atoms with Crippen LogP contribution in [0.15, 0.2) is 84.4 Å². The predicted octanol–water partition coefficient (Wildman–Crippen LogP) is 5.35. The van der Waals surface area contributed by atoms with Gasteiger partial charge < -0.3 is 19.5 Å². The highest BCUT2D eigenvalue weighted by Gasteiger charge is 2.46. The molecule has 1 aliphatic heterocycles. The summed E-state index contributed by atoms with van der Waals surface area (Å²) in [5.74, 6) is -0.0721. The predicted molar refractivity (Wildman–Crippen MR) is 134 cm³/mol. The van der Waals surface area contributed by atoms with Gasteiger partial charge in [0.05, 0.1) is 31.9 Å². The molecule has 3 aromatic carbocycles. The third kappa shape index (κ3) is 5.06. The van der Waals surface area contributed by atoms with Crippen molar-refractivity contribution in [2.24, 2.45) is 5.92 Å². The minimum atomic E-state index is -0.749. The van der Waals surface area contributed by atoms with Crippen molar-refractivity contribution in [1.29, 1.82) is 0 Å². The summed E-state index contributed by atoms with van der Waals surface area (Å²) in [6.07, 6.45) is 0. The fraction of sp³-hybridized carbons (Fsp3) is 0.241. The third-order valence-electron chi connectivity index (χ3n) is 5.88. The number of amides is 1. The molecule has 1 atom stereocenters. The zero-order valence-corrected chi connectivity index (χ0v) is 20.1. The molecule has 1 saturated heterocycles. The molecule has 6 nitrogen and oxygen atoms in total. The summed E-state index contributed by atoms with van der Waals surface area (Å²) >= 11 is 0. The lowest BCUT2D eigenvalue weighted by Crippen LogP contribution is -2.29. The number of para-hydroxylation sites is 1. The summed E-state index contributed by atoms with van der Waals surface area (Å²) in [6.45, 7) is 4.78. The summed E-state index contributed by atoms with van der Waals surface area (Å²) in [7, 11) is 1.57. The van der Waals surface area contributed by atoms with E-state index in [1.165, 1.54) is 4.90 Å². The fourth-order valence-corrected chi connectivity index (χ4v) is 4.19. The number of carbonyl (C=O) groups excluding carboxylic acids is 2. The Morgan fingerprint density at radius 1 is 0.971 bits per heavy atom. The monoisotopic (exact) mass is 471 g/mol. The van der Waals surface area contributed by atoms with Gasteiger partial charge in [0.25, 0.3) is 11.7 Å². The van der Waals surface area contributed by atoms with Gasteiger partial charge in [-0.15, -0.1) is 0 Å². The molecule has 35 heavy (non-hydrogen) atoms. The molecular weight excluding hydrogens is 442 g/mol. The smallest absolute Gasteiger partial charge is 0.295 e. The number of aliphatic hydroxyl groups excluding tert-OH is 1. The van der Waals surface area contributed by atoms with E-state index in [4.69, 9.17) is 9.47 Å². The summed E-state index contributed by atoms with van der Waals surface area (Å²) in [5, 5.41) is 11.3. The molecule has 6 heteroatoms. The lowest BCUT2D eigenvalue weighted by atomic mass is 9.95. The third-order valence-corrected chi connectivity index (χ3v) is 5.88. The van der Waals surface area contributed by atoms with E-state index in [9.17, 15) is 14.7 Å². The van der Waals surface area contributed by atoms with Gasteiger partial charge in [-0.25, -0.2) is 0 Å². The minimum Gasteiger partial charge on any atom is -0.507 e. The van der Waals surface area contributed by atoms with Crippen LogP contribution in [0.2, 0.25) is 0 Å². The van der Waals surface area contributed by atoms with Crippen molar-refractivity contribution in [3.05, 3.63) is 101 Å². The number of nitrogens with zero attached hydrogens (tertiary/aromatic N) is 1. The van der Waals surface area contributed by atoms with E-state index in [2.05, 4.69) is 0 Å². The maximum atomic E-state index is 13.3. The number of Topliss-reactive ketones (excluding diaryl/α,β-unsaturated/α-hetero) is 1. The molecule has 0 aromatic heterocycles. The number of aliphatic hydroxyl groups is 1. The maximum absolute atomic E-state index is 13.3. The number of hydrogen-bond acceptors (Lipinski definition) is 5. The van der Waals surface area contributed by atoms with Crippen molar-refractivity contribution < 1.29 is 24.2 Å². The molecule has 0 saturated carbocycles. The molecule has 0 radical (unpaired) electrons. The van der Waals surface area contributed by atoms with Gasteiger partial charge in [-0.2, -0.15) is 0 Å². The average molecular weight is 472 g/mol. The molecule has 0 spiro atoms. The van der Waals surface area contributed by atoms with Crippen LogP contribution in [0.3, 0.4) is 0 Å². The van der Waals surface area contributed by atoms with Crippen LogP contribution >= 0.6 is 0 Å². The highest BCUT2D eigenvalue weighted by Crippen LogP contribution is 2.41. The number of ether oxygens (including phenoxy) is 2. The number of rotatable bonds is 8. The Labute approximate surface area is 205 Å². The van der Waals surface area contributed by atoms with Gasteiger partial charge in [0.2, 0.25) is 0 Å². The van der Waals surface area contributed by atoms with Crippen molar-refractivity contribution in [3.63, 3.8) is 0 Å². The van der Waals surface area contributed by atoms with Gasteiger partial charge in [0, 0.05) is 11.1 Å². The quantitative estimate of drug-likeness (QED) is 0.272. The van der Waals surface area contributed by atoms with Crippen LogP contribution in [0.25, 0.3) is 5.76 Å². The van der Waals surface area contributed by atoms with E-state index in [-0.39, 0.29) is 17.9 Å². The fourth-order valence-electron chi connectivity index (χ4n) is 4.19. The second kappa shape index (κ2) is 10.5. The van der Waals surface area contributed by atoms with Gasteiger partial charge in [-0.3, -0.25) is 9.59 Å². The van der Waals surface area contributed by atoms with E-state index in [0.29, 0.717) is 29.6 Å². The maximum Gasteiger partial charge on any atom is 0.295 e. The second-order valence-corrected chi connectivity index (χ2v) is 8.88. The molecule has 0 bridgehead atoms. The highest BCUT2D eigenvalue weighted by atomic mass is 16.5. The van der Waals surface area contributed by atoms with E-state index >= 15 is 0 Å². The van der Waals surface area contributed by atoms with Gasteiger partial charge >= 0.3 is 0 Å². The summed E-state index contributed by atoms with van der Waals surface area (Å²) in [5.41, 5.74) is 1.97. The first kappa shape index (κ1) is 24.1. The Bertz CT molecular complexity index is 1250. The van der Waals surface area contributed by atoms with E-state index in [1.54, 1.807) is 31.4 Å². The Kier molecular flexibility index (Phi) is 7.20. The Morgan fingerprint density at radius 2 is 1.69 bits per heavy atom. The molecule has 1 unspecified atom stereocenters. The molecule has 3 aromatic rings. The summed E-state index contributed by atoms with van der Waals surface area (Å²) in [4.78, 5) is 28.0. The van der Waals surface area contributed by atoms with Crippen LogP contribution in [0, 0.1) is 5.92 Å². The molecule has 1 fully saturated rings. The van der Waals surface area contributed by atoms with E-state index in [1.807, 2.05) is 68.4 Å². The van der Waals surface area contributed by atoms with E-state index < -0.39 is 17.7 Å². The minimum absolute atomic E-state index is 0.0529. The van der Waals surface area contributed by atoms with Gasteiger partial charge in [0.1, 0.15) is 17.3 Å². The first-order valence-electron chi connectivity index (χ1n) is 11.6. The molecule has 1 aliphatic rings. The van der Waals surface area contributed by atoms with Crippen LogP contribution in [-0.2, 0) is 16.1 Å². The van der Waals surface area contributed by atoms with Crippen LogP contribution in [0.1, 0.15) is 36.6 Å². The lowest BCUT2D eigenvalue weighted by Gasteiger charge is -2.26. The molecule has 180 valence electrons. The van der Waals surface area contributed by atoms with Crippen molar-refractivity contribution in [2.45, 2.75) is 26.4 Å². The molecule has 1 amide bonds. The van der Waals surface area contributed by atoms with Gasteiger partial charge in [0.15, 0.2) is 0 Å². The first-order valence-corrected chi connectivity index (χ1v) is 11.6. The molecule has 4 rings (SSSR count). The number of carbonyl (C=O) groups is 2. The Morgan fingerprint density at radius 3 is 2.40 bits per heavy atom. The standard InChI is InChI=1S/C29H29NO5/c1-19(2)18-35-23-14-9-13-21(16-23)27(31)25-26(20-10-5-4-6-11-20)30(29(33)28(25)32)17-22-12-7-8-15-24(22)34-3/h4-16,19,26,31H,17-18H2,1-3H3/b27-25-. The van der Waals surface area contributed by atoms with Crippen molar-refractivity contribution >= 4 is 17.4 Å². The summed E-state index contributed by atoms with van der Waals surface area (Å²) in [6, 6.07) is 22.8. The number of likely N-dealkylation sites (tertiary alicyclic amines) is 1. The number of ketones is 1. The zero-order valence-electron chi connectivity index (χ0n) is 20.1. The second-order valence-electron chi connectivity index (χ2n) is 8.88. The Balaban J connectivity index is 1.80.